The van der Waals surface area contributed by atoms with E-state index in [1.54, 1.807) is 32.9 Å². The third-order valence-electron chi connectivity index (χ3n) is 9.32. The number of sulfonamides is 1. The van der Waals surface area contributed by atoms with Gasteiger partial charge >= 0.3 is 12.2 Å². The summed E-state index contributed by atoms with van der Waals surface area (Å²) in [6, 6.07) is 8.81. The molecular formula is C37H45ClFN5O9S. The van der Waals surface area contributed by atoms with E-state index in [0.29, 0.717) is 19.3 Å². The van der Waals surface area contributed by atoms with Gasteiger partial charge in [0.1, 0.15) is 35.1 Å². The first-order chi connectivity index (χ1) is 25.5. The molecule has 0 bridgehead atoms. The van der Waals surface area contributed by atoms with Crippen LogP contribution in [0, 0.1) is 11.7 Å². The second-order valence-corrected chi connectivity index (χ2v) is 16.8. The number of allylic oxidation sites excluding steroid dienone is 1. The van der Waals surface area contributed by atoms with Crippen LogP contribution in [0.4, 0.5) is 14.0 Å². The van der Waals surface area contributed by atoms with E-state index in [4.69, 9.17) is 21.1 Å². The van der Waals surface area contributed by atoms with E-state index < -0.39 is 81.0 Å². The summed E-state index contributed by atoms with van der Waals surface area (Å²) in [5.41, 5.74) is -2.33. The minimum Gasteiger partial charge on any atom is -0.444 e. The molecule has 17 heteroatoms. The Morgan fingerprint density at radius 1 is 1.06 bits per heavy atom. The van der Waals surface area contributed by atoms with Crippen molar-refractivity contribution in [1.82, 2.24) is 25.6 Å². The Hall–Kier alpha value is -4.70. The molecule has 5 amide bonds. The van der Waals surface area contributed by atoms with E-state index in [0.717, 1.165) is 6.42 Å². The number of ether oxygens (including phenoxy) is 2. The Morgan fingerprint density at radius 3 is 2.54 bits per heavy atom. The Bertz CT molecular complexity index is 1910. The maximum absolute atomic E-state index is 14.3. The number of hydrogen-bond donors (Lipinski definition) is 4. The number of benzene rings is 2. The van der Waals surface area contributed by atoms with Gasteiger partial charge in [-0.05, 0) is 70.7 Å². The van der Waals surface area contributed by atoms with Gasteiger partial charge in [0.15, 0.2) is 0 Å². The Morgan fingerprint density at radius 2 is 1.81 bits per heavy atom. The van der Waals surface area contributed by atoms with Crippen molar-refractivity contribution < 1.29 is 46.3 Å². The van der Waals surface area contributed by atoms with Crippen molar-refractivity contribution in [2.24, 2.45) is 5.92 Å². The molecule has 1 saturated carbocycles. The number of carbonyl (C=O) groups is 5. The molecule has 292 valence electrons. The minimum absolute atomic E-state index is 0.0774. The van der Waals surface area contributed by atoms with Crippen LogP contribution in [0.1, 0.15) is 71.3 Å². The van der Waals surface area contributed by atoms with E-state index in [1.807, 2.05) is 6.08 Å². The lowest BCUT2D eigenvalue weighted by molar-refractivity contribution is -0.141. The van der Waals surface area contributed by atoms with Crippen LogP contribution < -0.4 is 20.7 Å². The third kappa shape index (κ3) is 10.3. The van der Waals surface area contributed by atoms with Crippen molar-refractivity contribution >= 4 is 51.5 Å². The molecule has 14 nitrogen and oxygen atoms in total. The van der Waals surface area contributed by atoms with Gasteiger partial charge in [0.25, 0.3) is 15.9 Å². The molecule has 2 heterocycles. The molecule has 0 unspecified atom stereocenters. The molecule has 5 rings (SSSR count). The van der Waals surface area contributed by atoms with Crippen LogP contribution in [0.2, 0.25) is 5.02 Å². The van der Waals surface area contributed by atoms with Crippen LogP contribution in [0.5, 0.6) is 0 Å². The van der Waals surface area contributed by atoms with Gasteiger partial charge in [-0.2, -0.15) is 0 Å². The van der Waals surface area contributed by atoms with Gasteiger partial charge in [0.2, 0.25) is 11.8 Å². The van der Waals surface area contributed by atoms with E-state index >= 15 is 0 Å². The Kier molecular flexibility index (Phi) is 12.6. The molecule has 4 N–H and O–H groups in total. The zero-order valence-electron chi connectivity index (χ0n) is 30.2. The lowest BCUT2D eigenvalue weighted by atomic mass is 10.0. The molecule has 0 spiro atoms. The topological polar surface area (TPSA) is 189 Å². The van der Waals surface area contributed by atoms with Gasteiger partial charge in [0.05, 0.1) is 11.4 Å². The van der Waals surface area contributed by atoms with Gasteiger partial charge in [-0.15, -0.1) is 0 Å². The van der Waals surface area contributed by atoms with E-state index in [9.17, 15) is 36.8 Å². The van der Waals surface area contributed by atoms with Gasteiger partial charge < -0.3 is 30.3 Å². The summed E-state index contributed by atoms with van der Waals surface area (Å²) in [5.74, 6) is -3.50. The standard InChI is InChI=1S/C37H45ClFN5O9S/c1-36(2,3)53-35(49)41-29-17-8-6-4-5-7-13-24-20-37(24,33(47)43-54(50,51)27-15-11-14-25(38)18-27)42-31(45)30-19-26(22-44(30)32(29)46)52-34(48)40-21-23-12-9-10-16-28(23)39/h7,9-16,18,24,26,29-30H,4-6,8,17,19-22H2,1-3H3,(H,40,48)(H,41,49)(H,42,45)(H,43,47)/b13-7-/t24-,26-,29+,30+,37-/m1/s1. The van der Waals surface area contributed by atoms with Crippen LogP contribution in [0.3, 0.4) is 0 Å². The maximum atomic E-state index is 14.3. The highest BCUT2D eigenvalue weighted by Crippen LogP contribution is 2.46. The Balaban J connectivity index is 1.41. The molecule has 2 aromatic rings. The van der Waals surface area contributed by atoms with Crippen LogP contribution in [0.25, 0.3) is 0 Å². The molecule has 54 heavy (non-hydrogen) atoms. The number of amides is 5. The van der Waals surface area contributed by atoms with Crippen molar-refractivity contribution in [2.75, 3.05) is 6.54 Å². The number of rotatable bonds is 7. The first-order valence-electron chi connectivity index (χ1n) is 17.8. The summed E-state index contributed by atoms with van der Waals surface area (Å²) in [7, 11) is -4.40. The van der Waals surface area contributed by atoms with Gasteiger partial charge in [0, 0.05) is 29.5 Å². The van der Waals surface area contributed by atoms with Crippen molar-refractivity contribution in [3.8, 4) is 0 Å². The first kappa shape index (κ1) is 40.5. The molecule has 1 saturated heterocycles. The Labute approximate surface area is 318 Å². The average Bonchev–Trinajstić information content (AvgIpc) is 3.62. The molecule has 2 aliphatic heterocycles. The van der Waals surface area contributed by atoms with Crippen molar-refractivity contribution in [3.05, 3.63) is 77.1 Å². The van der Waals surface area contributed by atoms with Gasteiger partial charge in [-0.25, -0.2) is 27.1 Å². The van der Waals surface area contributed by atoms with E-state index in [1.165, 1.54) is 47.4 Å². The number of halogens is 2. The fraction of sp³-hybridized carbons (Fsp3) is 0.486. The molecule has 0 aromatic heterocycles. The third-order valence-corrected chi connectivity index (χ3v) is 10.9. The zero-order chi connectivity index (χ0) is 39.3. The molecule has 2 aromatic carbocycles. The quantitative estimate of drug-likeness (QED) is 0.294. The summed E-state index contributed by atoms with van der Waals surface area (Å²) >= 11 is 6.00. The average molecular weight is 790 g/mol. The molecule has 1 aliphatic carbocycles. The minimum atomic E-state index is -4.40. The number of nitrogens with zero attached hydrogens (tertiary/aromatic N) is 1. The number of fused-ring (bicyclic) bond motifs is 2. The van der Waals surface area contributed by atoms with Crippen LogP contribution in [-0.4, -0.2) is 79.1 Å². The predicted octanol–water partition coefficient (Wildman–Crippen LogP) is 4.47. The first-order valence-corrected chi connectivity index (χ1v) is 19.6. The second kappa shape index (κ2) is 16.8. The SMILES string of the molecule is CC(C)(C)OC(=O)N[C@H]1CCCCC/C=C\[C@@H]2C[C@@]2(C(=O)NS(=O)(=O)c2cccc(Cl)c2)NC(=O)[C@@H]2C[C@@H](OC(=O)NCc3ccccc3F)CN2C1=O. The summed E-state index contributed by atoms with van der Waals surface area (Å²) in [4.78, 5) is 69.0. The van der Waals surface area contributed by atoms with Crippen molar-refractivity contribution in [2.45, 2.75) is 106 Å². The summed E-state index contributed by atoms with van der Waals surface area (Å²) in [6.07, 6.45) is 3.53. The molecule has 5 atom stereocenters. The number of carbonyl (C=O) groups excluding carboxylic acids is 5. The fourth-order valence-electron chi connectivity index (χ4n) is 6.52. The van der Waals surface area contributed by atoms with Gasteiger partial charge in [-0.1, -0.05) is 60.9 Å². The highest BCUT2D eigenvalue weighted by Gasteiger charge is 2.61. The summed E-state index contributed by atoms with van der Waals surface area (Å²) in [6.45, 7) is 4.60. The van der Waals surface area contributed by atoms with E-state index in [2.05, 4.69) is 20.7 Å². The van der Waals surface area contributed by atoms with Crippen LogP contribution in [0.15, 0.2) is 65.6 Å². The van der Waals surface area contributed by atoms with Crippen LogP contribution in [-0.2, 0) is 40.4 Å². The molecular weight excluding hydrogens is 745 g/mol. The highest BCUT2D eigenvalue weighted by molar-refractivity contribution is 7.90. The summed E-state index contributed by atoms with van der Waals surface area (Å²) < 4.78 is 53.7. The maximum Gasteiger partial charge on any atom is 0.408 e. The lowest BCUT2D eigenvalue weighted by Crippen LogP contribution is -2.58. The smallest absolute Gasteiger partial charge is 0.408 e. The molecule has 0 radical (unpaired) electrons. The van der Waals surface area contributed by atoms with Crippen molar-refractivity contribution in [3.63, 3.8) is 0 Å². The number of alkyl carbamates (subject to hydrolysis) is 2. The largest absolute Gasteiger partial charge is 0.444 e. The number of hydrogen-bond acceptors (Lipinski definition) is 9. The predicted molar refractivity (Wildman–Crippen MR) is 195 cm³/mol. The zero-order valence-corrected chi connectivity index (χ0v) is 31.8. The number of nitrogens with one attached hydrogen (secondary N) is 4. The lowest BCUT2D eigenvalue weighted by Gasteiger charge is -2.30. The second-order valence-electron chi connectivity index (χ2n) is 14.6. The molecule has 3 aliphatic rings. The molecule has 2 fully saturated rings. The summed E-state index contributed by atoms with van der Waals surface area (Å²) in [5, 5.41) is 7.99. The van der Waals surface area contributed by atoms with E-state index in [-0.39, 0.29) is 47.8 Å². The van der Waals surface area contributed by atoms with Gasteiger partial charge in [-0.3, -0.25) is 14.4 Å². The highest BCUT2D eigenvalue weighted by atomic mass is 35.5. The van der Waals surface area contributed by atoms with Crippen LogP contribution >= 0.6 is 11.6 Å². The van der Waals surface area contributed by atoms with Crippen molar-refractivity contribution in [1.29, 1.82) is 0 Å². The monoisotopic (exact) mass is 789 g/mol. The fourth-order valence-corrected chi connectivity index (χ4v) is 7.86. The normalized spacial score (nSPS) is 25.4.